The van der Waals surface area contributed by atoms with E-state index in [2.05, 4.69) is 18.7 Å². The molecule has 1 rings (SSSR count). The van der Waals surface area contributed by atoms with E-state index in [1.165, 1.54) is 6.42 Å². The van der Waals surface area contributed by atoms with Crippen molar-refractivity contribution in [1.29, 1.82) is 0 Å². The lowest BCUT2D eigenvalue weighted by atomic mass is 10.3. The first-order valence-electron chi connectivity index (χ1n) is 3.73. The van der Waals surface area contributed by atoms with E-state index in [-0.39, 0.29) is 0 Å². The summed E-state index contributed by atoms with van der Waals surface area (Å²) in [5.74, 6) is 0. The average Bonchev–Trinajstić information content (AvgIpc) is 2.30. The van der Waals surface area contributed by atoms with Crippen LogP contribution in [0.5, 0.6) is 0 Å². The molecule has 1 fully saturated rings. The molecular weight excluding hydrogens is 162 g/mol. The number of rotatable bonds is 2. The number of hydrogen-bond donors (Lipinski definition) is 0. The van der Waals surface area contributed by atoms with Crippen molar-refractivity contribution in [3.8, 4) is 0 Å². The first kappa shape index (κ1) is 8.34. The van der Waals surface area contributed by atoms with Gasteiger partial charge >= 0.3 is 0 Å². The van der Waals surface area contributed by atoms with Gasteiger partial charge in [-0.1, -0.05) is 30.9 Å². The number of nitrogens with zero attached hydrogens (tertiary/aromatic N) is 1. The highest BCUT2D eigenvalue weighted by Gasteiger charge is 2.24. The maximum absolute atomic E-state index is 5.17. The fourth-order valence-corrected chi connectivity index (χ4v) is 2.72. The SMILES string of the molecule is CCC1CN(CC)C(=S)S1. The van der Waals surface area contributed by atoms with E-state index in [0.29, 0.717) is 0 Å². The lowest BCUT2D eigenvalue weighted by Gasteiger charge is -2.12. The summed E-state index contributed by atoms with van der Waals surface area (Å²) >= 11 is 7.03. The van der Waals surface area contributed by atoms with Crippen molar-refractivity contribution in [2.75, 3.05) is 13.1 Å². The van der Waals surface area contributed by atoms with E-state index in [4.69, 9.17) is 12.2 Å². The van der Waals surface area contributed by atoms with Crippen molar-refractivity contribution in [1.82, 2.24) is 4.90 Å². The van der Waals surface area contributed by atoms with Gasteiger partial charge in [0.1, 0.15) is 4.32 Å². The van der Waals surface area contributed by atoms with Crippen LogP contribution in [0.4, 0.5) is 0 Å². The molecule has 1 unspecified atom stereocenters. The minimum Gasteiger partial charge on any atom is -0.357 e. The van der Waals surface area contributed by atoms with Gasteiger partial charge in [-0.2, -0.15) is 0 Å². The van der Waals surface area contributed by atoms with Crippen LogP contribution in [-0.4, -0.2) is 27.6 Å². The van der Waals surface area contributed by atoms with Crippen molar-refractivity contribution in [3.63, 3.8) is 0 Å². The normalized spacial score (nSPS) is 26.0. The lowest BCUT2D eigenvalue weighted by molar-refractivity contribution is 0.462. The molecule has 0 amide bonds. The average molecular weight is 175 g/mol. The quantitative estimate of drug-likeness (QED) is 0.592. The molecule has 0 saturated carbocycles. The number of thioether (sulfide) groups is 1. The van der Waals surface area contributed by atoms with E-state index < -0.39 is 0 Å². The van der Waals surface area contributed by atoms with Gasteiger partial charge in [0.25, 0.3) is 0 Å². The molecule has 0 aliphatic carbocycles. The van der Waals surface area contributed by atoms with Crippen molar-refractivity contribution in [3.05, 3.63) is 0 Å². The monoisotopic (exact) mass is 175 g/mol. The molecule has 3 heteroatoms. The zero-order valence-electron chi connectivity index (χ0n) is 6.46. The summed E-state index contributed by atoms with van der Waals surface area (Å²) in [6, 6.07) is 0. The summed E-state index contributed by atoms with van der Waals surface area (Å²) in [5, 5.41) is 0.757. The third-order valence-electron chi connectivity index (χ3n) is 1.79. The van der Waals surface area contributed by atoms with Crippen molar-refractivity contribution >= 4 is 28.3 Å². The minimum atomic E-state index is 0.757. The maximum Gasteiger partial charge on any atom is 0.136 e. The van der Waals surface area contributed by atoms with E-state index in [1.807, 2.05) is 11.8 Å². The molecule has 1 aliphatic rings. The molecule has 1 aliphatic heterocycles. The van der Waals surface area contributed by atoms with Gasteiger partial charge in [0.15, 0.2) is 0 Å². The highest BCUT2D eigenvalue weighted by atomic mass is 32.2. The molecule has 1 nitrogen and oxygen atoms in total. The van der Waals surface area contributed by atoms with Crippen LogP contribution in [0.15, 0.2) is 0 Å². The first-order valence-corrected chi connectivity index (χ1v) is 5.02. The van der Waals surface area contributed by atoms with Gasteiger partial charge in [-0.25, -0.2) is 0 Å². The van der Waals surface area contributed by atoms with Gasteiger partial charge in [-0.15, -0.1) is 0 Å². The van der Waals surface area contributed by atoms with Crippen LogP contribution in [0.25, 0.3) is 0 Å². The predicted octanol–water partition coefficient (Wildman–Crippen LogP) is 2.12. The lowest BCUT2D eigenvalue weighted by Crippen LogP contribution is -2.23. The Morgan fingerprint density at radius 2 is 2.40 bits per heavy atom. The Labute approximate surface area is 72.2 Å². The molecule has 0 radical (unpaired) electrons. The Morgan fingerprint density at radius 1 is 1.70 bits per heavy atom. The molecule has 58 valence electrons. The smallest absolute Gasteiger partial charge is 0.136 e. The number of thiocarbonyl (C=S) groups is 1. The van der Waals surface area contributed by atoms with Crippen LogP contribution in [0.1, 0.15) is 20.3 Å². The standard InChI is InChI=1S/C7H13NS2/c1-3-6-5-8(4-2)7(9)10-6/h6H,3-5H2,1-2H3. The molecular formula is C7H13NS2. The van der Waals surface area contributed by atoms with Gasteiger partial charge in [0, 0.05) is 18.3 Å². The third kappa shape index (κ3) is 1.64. The van der Waals surface area contributed by atoms with Gasteiger partial charge in [-0.3, -0.25) is 0 Å². The summed E-state index contributed by atoms with van der Waals surface area (Å²) in [6.45, 7) is 6.61. The topological polar surface area (TPSA) is 3.24 Å². The van der Waals surface area contributed by atoms with Crippen molar-refractivity contribution in [2.45, 2.75) is 25.5 Å². The van der Waals surface area contributed by atoms with E-state index in [9.17, 15) is 0 Å². The van der Waals surface area contributed by atoms with Gasteiger partial charge in [-0.05, 0) is 13.3 Å². The third-order valence-corrected chi connectivity index (χ3v) is 3.61. The van der Waals surface area contributed by atoms with Crippen LogP contribution in [0.2, 0.25) is 0 Å². The fraction of sp³-hybridized carbons (Fsp3) is 0.857. The highest BCUT2D eigenvalue weighted by molar-refractivity contribution is 8.23. The van der Waals surface area contributed by atoms with Crippen LogP contribution in [0.3, 0.4) is 0 Å². The van der Waals surface area contributed by atoms with E-state index >= 15 is 0 Å². The summed E-state index contributed by atoms with van der Waals surface area (Å²) in [7, 11) is 0. The minimum absolute atomic E-state index is 0.757. The molecule has 10 heavy (non-hydrogen) atoms. The van der Waals surface area contributed by atoms with Crippen LogP contribution in [-0.2, 0) is 0 Å². The zero-order valence-corrected chi connectivity index (χ0v) is 8.10. The molecule has 0 N–H and O–H groups in total. The largest absolute Gasteiger partial charge is 0.357 e. The fourth-order valence-electron chi connectivity index (χ4n) is 1.05. The summed E-state index contributed by atoms with van der Waals surface area (Å²) in [6.07, 6.45) is 1.24. The molecule has 1 atom stereocenters. The molecule has 0 aromatic rings. The molecule has 1 heterocycles. The molecule has 1 saturated heterocycles. The maximum atomic E-state index is 5.17. The summed E-state index contributed by atoms with van der Waals surface area (Å²) < 4.78 is 1.09. The molecule has 0 aromatic carbocycles. The summed E-state index contributed by atoms with van der Waals surface area (Å²) in [4.78, 5) is 2.27. The Hall–Kier alpha value is 0.240. The first-order chi connectivity index (χ1) is 4.77. The van der Waals surface area contributed by atoms with Crippen LogP contribution in [0, 0.1) is 0 Å². The Bertz CT molecular complexity index is 136. The van der Waals surface area contributed by atoms with E-state index in [0.717, 1.165) is 22.7 Å². The number of hydrogen-bond acceptors (Lipinski definition) is 2. The van der Waals surface area contributed by atoms with E-state index in [1.54, 1.807) is 0 Å². The zero-order chi connectivity index (χ0) is 7.56. The molecule has 0 bridgehead atoms. The van der Waals surface area contributed by atoms with Gasteiger partial charge in [0.05, 0.1) is 0 Å². The van der Waals surface area contributed by atoms with Crippen LogP contribution < -0.4 is 0 Å². The Kier molecular flexibility index (Phi) is 2.98. The van der Waals surface area contributed by atoms with Crippen molar-refractivity contribution < 1.29 is 0 Å². The second-order valence-corrected chi connectivity index (χ2v) is 4.39. The van der Waals surface area contributed by atoms with Crippen LogP contribution >= 0.6 is 24.0 Å². The second kappa shape index (κ2) is 3.58. The van der Waals surface area contributed by atoms with Gasteiger partial charge < -0.3 is 4.90 Å². The molecule has 0 spiro atoms. The van der Waals surface area contributed by atoms with Crippen molar-refractivity contribution in [2.24, 2.45) is 0 Å². The Balaban J connectivity index is 2.44. The highest BCUT2D eigenvalue weighted by Crippen LogP contribution is 2.27. The van der Waals surface area contributed by atoms with Gasteiger partial charge in [0.2, 0.25) is 0 Å². The predicted molar refractivity (Wildman–Crippen MR) is 51.5 cm³/mol. The Morgan fingerprint density at radius 3 is 2.70 bits per heavy atom. The summed E-state index contributed by atoms with van der Waals surface area (Å²) in [5.41, 5.74) is 0. The second-order valence-electron chi connectivity index (χ2n) is 2.45. The molecule has 0 aromatic heterocycles.